The number of pyridine rings is 1. The summed E-state index contributed by atoms with van der Waals surface area (Å²) in [6, 6.07) is 4.13. The molecule has 0 aromatic carbocycles. The van der Waals surface area contributed by atoms with E-state index in [2.05, 4.69) is 29.4 Å². The van der Waals surface area contributed by atoms with Gasteiger partial charge >= 0.3 is 0 Å². The zero-order valence-electron chi connectivity index (χ0n) is 9.98. The van der Waals surface area contributed by atoms with Crippen LogP contribution in [0.15, 0.2) is 18.3 Å². The van der Waals surface area contributed by atoms with Crippen molar-refractivity contribution in [1.82, 2.24) is 15.3 Å². The molecule has 0 bridgehead atoms. The molecule has 0 spiro atoms. The highest BCUT2D eigenvalue weighted by atomic mass is 15.2. The summed E-state index contributed by atoms with van der Waals surface area (Å²) in [7, 11) is 4.11. The van der Waals surface area contributed by atoms with Crippen molar-refractivity contribution >= 4 is 5.82 Å². The molecule has 0 amide bonds. The Kier molecular flexibility index (Phi) is 5.18. The van der Waals surface area contributed by atoms with Gasteiger partial charge in [0, 0.05) is 12.2 Å². The summed E-state index contributed by atoms with van der Waals surface area (Å²) >= 11 is 0. The van der Waals surface area contributed by atoms with Crippen LogP contribution in [0.25, 0.3) is 0 Å². The number of hydrogen-bond donors (Lipinski definition) is 3. The summed E-state index contributed by atoms with van der Waals surface area (Å²) < 4.78 is 0. The van der Waals surface area contributed by atoms with Gasteiger partial charge in [-0.3, -0.25) is 11.3 Å². The Morgan fingerprint density at radius 2 is 2.25 bits per heavy atom. The van der Waals surface area contributed by atoms with Gasteiger partial charge < -0.3 is 10.6 Å². The lowest BCUT2D eigenvalue weighted by atomic mass is 10.0. The molecule has 1 aromatic heterocycles. The second kappa shape index (κ2) is 6.42. The molecule has 5 N–H and O–H groups in total. The van der Waals surface area contributed by atoms with Crippen LogP contribution in [0.5, 0.6) is 0 Å². The van der Waals surface area contributed by atoms with Crippen LogP contribution < -0.4 is 17.0 Å². The summed E-state index contributed by atoms with van der Waals surface area (Å²) in [6.45, 7) is 1.01. The summed E-state index contributed by atoms with van der Waals surface area (Å²) in [5.74, 6) is 6.09. The standard InChI is InChI=1S/C11H21N5/c1-16(2)6-4-10(15-13)7-9-3-5-14-11(12)8-9/h3,5,8,10,15H,4,6-7,13H2,1-2H3,(H2,12,14). The van der Waals surface area contributed by atoms with E-state index in [1.165, 1.54) is 0 Å². The fraction of sp³-hybridized carbons (Fsp3) is 0.545. The monoisotopic (exact) mass is 223 g/mol. The van der Waals surface area contributed by atoms with E-state index in [0.29, 0.717) is 5.82 Å². The van der Waals surface area contributed by atoms with Gasteiger partial charge in [-0.15, -0.1) is 0 Å². The number of nitrogens with one attached hydrogen (secondary N) is 1. The molecule has 1 atom stereocenters. The molecule has 0 saturated heterocycles. The zero-order valence-corrected chi connectivity index (χ0v) is 9.98. The van der Waals surface area contributed by atoms with Gasteiger partial charge in [0.25, 0.3) is 0 Å². The Morgan fingerprint density at radius 3 is 2.81 bits per heavy atom. The van der Waals surface area contributed by atoms with Crippen molar-refractivity contribution in [1.29, 1.82) is 0 Å². The first-order valence-electron chi connectivity index (χ1n) is 5.43. The number of nitrogens with two attached hydrogens (primary N) is 2. The largest absolute Gasteiger partial charge is 0.384 e. The highest BCUT2D eigenvalue weighted by Crippen LogP contribution is 2.08. The van der Waals surface area contributed by atoms with Crippen molar-refractivity contribution in [3.8, 4) is 0 Å². The smallest absolute Gasteiger partial charge is 0.123 e. The van der Waals surface area contributed by atoms with E-state index in [1.807, 2.05) is 12.1 Å². The zero-order chi connectivity index (χ0) is 12.0. The minimum Gasteiger partial charge on any atom is -0.384 e. The number of hydrazine groups is 1. The molecule has 0 saturated carbocycles. The van der Waals surface area contributed by atoms with Gasteiger partial charge in [-0.05, 0) is 51.2 Å². The Balaban J connectivity index is 2.49. The third-order valence-corrected chi connectivity index (χ3v) is 2.49. The second-order valence-electron chi connectivity index (χ2n) is 4.25. The molecule has 0 aliphatic rings. The molecule has 1 rings (SSSR count). The summed E-state index contributed by atoms with van der Waals surface area (Å²) in [5, 5.41) is 0. The molecule has 16 heavy (non-hydrogen) atoms. The lowest BCUT2D eigenvalue weighted by Gasteiger charge is -2.18. The molecular weight excluding hydrogens is 202 g/mol. The lowest BCUT2D eigenvalue weighted by Crippen LogP contribution is -2.38. The lowest BCUT2D eigenvalue weighted by molar-refractivity contribution is 0.358. The van der Waals surface area contributed by atoms with Gasteiger partial charge in [-0.2, -0.15) is 0 Å². The third-order valence-electron chi connectivity index (χ3n) is 2.49. The highest BCUT2D eigenvalue weighted by molar-refractivity contribution is 5.32. The topological polar surface area (TPSA) is 80.2 Å². The number of anilines is 1. The average molecular weight is 223 g/mol. The normalized spacial score (nSPS) is 13.0. The molecule has 90 valence electrons. The van der Waals surface area contributed by atoms with Crippen LogP contribution >= 0.6 is 0 Å². The summed E-state index contributed by atoms with van der Waals surface area (Å²) in [6.07, 6.45) is 3.60. The van der Waals surface area contributed by atoms with Crippen molar-refractivity contribution in [2.24, 2.45) is 5.84 Å². The maximum atomic E-state index is 5.63. The number of rotatable bonds is 6. The maximum absolute atomic E-state index is 5.63. The van der Waals surface area contributed by atoms with Crippen LogP contribution in [-0.2, 0) is 6.42 Å². The molecular formula is C11H21N5. The number of nitrogen functional groups attached to an aromatic ring is 1. The Labute approximate surface area is 96.8 Å². The van der Waals surface area contributed by atoms with E-state index in [0.717, 1.165) is 24.9 Å². The predicted octanol–water partition coefficient (Wildman–Crippen LogP) is -0.0101. The van der Waals surface area contributed by atoms with Gasteiger partial charge in [-0.25, -0.2) is 4.98 Å². The molecule has 1 unspecified atom stereocenters. The van der Waals surface area contributed by atoms with Gasteiger partial charge in [-0.1, -0.05) is 0 Å². The van der Waals surface area contributed by atoms with Gasteiger partial charge in [0.15, 0.2) is 0 Å². The number of aromatic nitrogens is 1. The molecule has 0 radical (unpaired) electrons. The minimum atomic E-state index is 0.268. The van der Waals surface area contributed by atoms with E-state index in [1.54, 1.807) is 6.20 Å². The molecule has 1 heterocycles. The van der Waals surface area contributed by atoms with E-state index in [-0.39, 0.29) is 6.04 Å². The maximum Gasteiger partial charge on any atom is 0.123 e. The van der Waals surface area contributed by atoms with Gasteiger partial charge in [0.2, 0.25) is 0 Å². The minimum absolute atomic E-state index is 0.268. The van der Waals surface area contributed by atoms with Crippen LogP contribution in [0.4, 0.5) is 5.82 Å². The van der Waals surface area contributed by atoms with E-state index in [4.69, 9.17) is 11.6 Å². The van der Waals surface area contributed by atoms with Crippen molar-refractivity contribution in [3.05, 3.63) is 23.9 Å². The van der Waals surface area contributed by atoms with E-state index in [9.17, 15) is 0 Å². The van der Waals surface area contributed by atoms with Gasteiger partial charge in [0.05, 0.1) is 0 Å². The van der Waals surface area contributed by atoms with Crippen LogP contribution in [0.3, 0.4) is 0 Å². The van der Waals surface area contributed by atoms with Crippen LogP contribution in [0.1, 0.15) is 12.0 Å². The highest BCUT2D eigenvalue weighted by Gasteiger charge is 2.08. The van der Waals surface area contributed by atoms with Gasteiger partial charge in [0.1, 0.15) is 5.82 Å². The summed E-state index contributed by atoms with van der Waals surface area (Å²) in [4.78, 5) is 6.11. The first-order valence-corrected chi connectivity index (χ1v) is 5.43. The van der Waals surface area contributed by atoms with E-state index >= 15 is 0 Å². The quantitative estimate of drug-likeness (QED) is 0.467. The molecule has 0 aliphatic heterocycles. The van der Waals surface area contributed by atoms with Crippen molar-refractivity contribution in [2.45, 2.75) is 18.9 Å². The fourth-order valence-electron chi connectivity index (χ4n) is 1.56. The van der Waals surface area contributed by atoms with Crippen molar-refractivity contribution < 1.29 is 0 Å². The van der Waals surface area contributed by atoms with E-state index < -0.39 is 0 Å². The molecule has 5 heteroatoms. The Bertz CT molecular complexity index is 313. The SMILES string of the molecule is CN(C)CCC(Cc1ccnc(N)c1)NN. The average Bonchev–Trinajstić information content (AvgIpc) is 2.24. The van der Waals surface area contributed by atoms with Crippen LogP contribution in [-0.4, -0.2) is 36.6 Å². The Morgan fingerprint density at radius 1 is 1.50 bits per heavy atom. The molecule has 5 nitrogen and oxygen atoms in total. The number of hydrogen-bond acceptors (Lipinski definition) is 5. The molecule has 0 fully saturated rings. The van der Waals surface area contributed by atoms with Crippen molar-refractivity contribution in [2.75, 3.05) is 26.4 Å². The first-order chi connectivity index (χ1) is 7.61. The Hall–Kier alpha value is -1.17. The molecule has 1 aromatic rings. The van der Waals surface area contributed by atoms with Crippen molar-refractivity contribution in [3.63, 3.8) is 0 Å². The van der Waals surface area contributed by atoms with Crippen LogP contribution in [0, 0.1) is 0 Å². The third kappa shape index (κ3) is 4.57. The molecule has 0 aliphatic carbocycles. The summed E-state index contributed by atoms with van der Waals surface area (Å²) in [5.41, 5.74) is 9.63. The second-order valence-corrected chi connectivity index (χ2v) is 4.25. The first kappa shape index (κ1) is 12.9. The number of nitrogens with zero attached hydrogens (tertiary/aromatic N) is 2. The van der Waals surface area contributed by atoms with Crippen LogP contribution in [0.2, 0.25) is 0 Å². The fourth-order valence-corrected chi connectivity index (χ4v) is 1.56. The predicted molar refractivity (Wildman–Crippen MR) is 66.6 cm³/mol.